The first kappa shape index (κ1) is 22.1. The van der Waals surface area contributed by atoms with Gasteiger partial charge in [-0.15, -0.1) is 0 Å². The Balaban J connectivity index is 1.30. The van der Waals surface area contributed by atoms with E-state index < -0.39 is 15.8 Å². The van der Waals surface area contributed by atoms with E-state index >= 15 is 0 Å². The van der Waals surface area contributed by atoms with Crippen LogP contribution in [0.5, 0.6) is 0 Å². The van der Waals surface area contributed by atoms with E-state index in [-0.39, 0.29) is 17.1 Å². The molecule has 4 aliphatic carbocycles. The van der Waals surface area contributed by atoms with E-state index in [0.717, 1.165) is 29.0 Å². The molecule has 5 nitrogen and oxygen atoms in total. The van der Waals surface area contributed by atoms with E-state index in [1.807, 2.05) is 17.0 Å². The summed E-state index contributed by atoms with van der Waals surface area (Å²) < 4.78 is 42.1. The third-order valence-corrected chi connectivity index (χ3v) is 9.74. The highest BCUT2D eigenvalue weighted by Gasteiger charge is 2.52. The zero-order chi connectivity index (χ0) is 23.5. The molecule has 0 atom stereocenters. The van der Waals surface area contributed by atoms with E-state index in [9.17, 15) is 17.6 Å². The highest BCUT2D eigenvalue weighted by Crippen LogP contribution is 2.60. The lowest BCUT2D eigenvalue weighted by molar-refractivity contribution is -0.120. The van der Waals surface area contributed by atoms with Gasteiger partial charge in [-0.25, -0.2) is 12.8 Å². The lowest BCUT2D eigenvalue weighted by atomic mass is 9.49. The van der Waals surface area contributed by atoms with Crippen LogP contribution in [-0.4, -0.2) is 20.9 Å². The minimum atomic E-state index is -3.74. The number of sulfonamides is 1. The van der Waals surface area contributed by atoms with Gasteiger partial charge in [-0.1, -0.05) is 24.3 Å². The first-order valence-electron chi connectivity index (χ1n) is 12.4. The predicted octanol–water partition coefficient (Wildman–Crippen LogP) is 5.26. The Morgan fingerprint density at radius 3 is 2.24 bits per heavy atom. The summed E-state index contributed by atoms with van der Waals surface area (Å²) in [5, 5.41) is 0. The maximum absolute atomic E-state index is 13.2. The lowest BCUT2D eigenvalue weighted by Crippen LogP contribution is -2.53. The van der Waals surface area contributed by atoms with E-state index in [4.69, 9.17) is 0 Å². The number of carbonyl (C=O) groups is 1. The van der Waals surface area contributed by atoms with Crippen molar-refractivity contribution in [2.24, 2.45) is 23.2 Å². The van der Waals surface area contributed by atoms with Crippen LogP contribution in [0.25, 0.3) is 0 Å². The molecule has 2 aromatic carbocycles. The van der Waals surface area contributed by atoms with Gasteiger partial charge in [0.1, 0.15) is 5.82 Å². The number of carbonyl (C=O) groups excluding carboxylic acids is 1. The molecule has 0 unspecified atom stereocenters. The molecule has 4 saturated carbocycles. The second kappa shape index (κ2) is 8.08. The van der Waals surface area contributed by atoms with Gasteiger partial charge in [-0.3, -0.25) is 9.52 Å². The molecule has 7 heteroatoms. The Bertz CT molecular complexity index is 1190. The number of aryl methyl sites for hydroxylation is 1. The average molecular weight is 483 g/mol. The Hall–Kier alpha value is -2.41. The van der Waals surface area contributed by atoms with E-state index in [2.05, 4.69) is 4.72 Å². The maximum Gasteiger partial charge on any atom is 0.236 e. The molecule has 5 aliphatic rings. The number of nitrogens with zero attached hydrogens (tertiary/aromatic N) is 1. The molecule has 0 saturated heterocycles. The summed E-state index contributed by atoms with van der Waals surface area (Å²) in [4.78, 5) is 15.1. The Morgan fingerprint density at radius 2 is 1.59 bits per heavy atom. The van der Waals surface area contributed by atoms with Crippen LogP contribution in [0.2, 0.25) is 0 Å². The normalized spacial score (nSPS) is 29.9. The van der Waals surface area contributed by atoms with Crippen LogP contribution in [0.1, 0.15) is 56.1 Å². The summed E-state index contributed by atoms with van der Waals surface area (Å²) in [5.41, 5.74) is 2.90. The average Bonchev–Trinajstić information content (AvgIpc) is 2.76. The number of fused-ring (bicyclic) bond motifs is 1. The van der Waals surface area contributed by atoms with Crippen molar-refractivity contribution >= 4 is 27.3 Å². The van der Waals surface area contributed by atoms with Gasteiger partial charge in [0.05, 0.1) is 17.1 Å². The van der Waals surface area contributed by atoms with Crippen molar-refractivity contribution < 1.29 is 17.6 Å². The van der Waals surface area contributed by atoms with E-state index in [1.165, 1.54) is 62.8 Å². The van der Waals surface area contributed by atoms with Crippen molar-refractivity contribution in [3.05, 3.63) is 59.4 Å². The number of nitrogens with one attached hydrogen (secondary N) is 1. The highest BCUT2D eigenvalue weighted by molar-refractivity contribution is 7.91. The van der Waals surface area contributed by atoms with Crippen LogP contribution in [0.3, 0.4) is 0 Å². The number of hydrogen-bond acceptors (Lipinski definition) is 3. The number of benzene rings is 2. The van der Waals surface area contributed by atoms with Gasteiger partial charge in [0.15, 0.2) is 0 Å². The van der Waals surface area contributed by atoms with Gasteiger partial charge in [0.2, 0.25) is 15.9 Å². The Labute approximate surface area is 200 Å². The summed E-state index contributed by atoms with van der Waals surface area (Å²) >= 11 is 0. The molecular formula is C27H31FN2O3S. The standard InChI is InChI=1S/C27H31FN2O3S/c28-23-7-4-18(5-8-23)16-34(32,33)29-24-3-1-2-22-6-9-25(31)30(26(22)24)17-27-13-19-10-20(14-27)12-21(11-19)15-27/h1-5,7-8,19-21,29H,6,9-17H2. The summed E-state index contributed by atoms with van der Waals surface area (Å²) in [6.45, 7) is 0.693. The highest BCUT2D eigenvalue weighted by atomic mass is 32.2. The summed E-state index contributed by atoms with van der Waals surface area (Å²) in [6.07, 6.45) is 8.70. The van der Waals surface area contributed by atoms with Crippen LogP contribution in [0.4, 0.5) is 15.8 Å². The van der Waals surface area contributed by atoms with E-state index in [0.29, 0.717) is 30.6 Å². The number of amides is 1. The first-order chi connectivity index (χ1) is 16.3. The van der Waals surface area contributed by atoms with Gasteiger partial charge >= 0.3 is 0 Å². The maximum atomic E-state index is 13.2. The van der Waals surface area contributed by atoms with Gasteiger partial charge in [0.25, 0.3) is 0 Å². The molecule has 2 aromatic rings. The number of hydrogen-bond donors (Lipinski definition) is 1. The van der Waals surface area contributed by atoms with Gasteiger partial charge in [0, 0.05) is 13.0 Å². The SMILES string of the molecule is O=C1CCc2cccc(NS(=O)(=O)Cc3ccc(F)cc3)c2N1CC12CC3CC(CC(C3)C1)C2. The smallest absolute Gasteiger partial charge is 0.236 e. The Kier molecular flexibility index (Phi) is 5.24. The van der Waals surface area contributed by atoms with Gasteiger partial charge in [-0.2, -0.15) is 0 Å². The minimum Gasteiger partial charge on any atom is -0.310 e. The predicted molar refractivity (Wildman–Crippen MR) is 130 cm³/mol. The molecule has 1 aliphatic heterocycles. The number of halogens is 1. The largest absolute Gasteiger partial charge is 0.310 e. The molecule has 0 aromatic heterocycles. The fourth-order valence-corrected chi connectivity index (χ4v) is 8.89. The second-order valence-electron chi connectivity index (χ2n) is 11.2. The zero-order valence-electron chi connectivity index (χ0n) is 19.3. The van der Waals surface area contributed by atoms with Crippen LogP contribution in [-0.2, 0) is 27.0 Å². The summed E-state index contributed by atoms with van der Waals surface area (Å²) in [5.74, 6) is 1.80. The number of para-hydroxylation sites is 1. The summed E-state index contributed by atoms with van der Waals surface area (Å²) in [7, 11) is -3.74. The first-order valence-corrected chi connectivity index (χ1v) is 14.1. The van der Waals surface area contributed by atoms with Crippen LogP contribution >= 0.6 is 0 Å². The minimum absolute atomic E-state index is 0.0911. The van der Waals surface area contributed by atoms with Crippen molar-refractivity contribution in [2.45, 2.75) is 57.1 Å². The van der Waals surface area contributed by atoms with Crippen molar-refractivity contribution in [3.63, 3.8) is 0 Å². The molecule has 34 heavy (non-hydrogen) atoms. The lowest BCUT2D eigenvalue weighted by Gasteiger charge is -2.58. The zero-order valence-corrected chi connectivity index (χ0v) is 20.1. The molecule has 1 heterocycles. The molecule has 4 bridgehead atoms. The van der Waals surface area contributed by atoms with Crippen LogP contribution < -0.4 is 9.62 Å². The van der Waals surface area contributed by atoms with Crippen molar-refractivity contribution in [3.8, 4) is 0 Å². The topological polar surface area (TPSA) is 66.5 Å². The fourth-order valence-electron chi connectivity index (χ4n) is 7.69. The van der Waals surface area contributed by atoms with Gasteiger partial charge < -0.3 is 4.90 Å². The third-order valence-electron chi connectivity index (χ3n) is 8.49. The third kappa shape index (κ3) is 4.12. The quantitative estimate of drug-likeness (QED) is 0.611. The summed E-state index contributed by atoms with van der Waals surface area (Å²) in [6, 6.07) is 11.1. The van der Waals surface area contributed by atoms with Crippen LogP contribution in [0.15, 0.2) is 42.5 Å². The van der Waals surface area contributed by atoms with Crippen molar-refractivity contribution in [1.29, 1.82) is 0 Å². The molecule has 1 amide bonds. The molecular weight excluding hydrogens is 451 g/mol. The van der Waals surface area contributed by atoms with Gasteiger partial charge in [-0.05, 0) is 97.4 Å². The van der Waals surface area contributed by atoms with Crippen LogP contribution in [0, 0.1) is 29.0 Å². The number of rotatable bonds is 6. The Morgan fingerprint density at radius 1 is 0.941 bits per heavy atom. The molecule has 0 spiro atoms. The molecule has 4 fully saturated rings. The molecule has 180 valence electrons. The second-order valence-corrected chi connectivity index (χ2v) is 12.9. The fraction of sp³-hybridized carbons (Fsp3) is 0.519. The molecule has 1 N–H and O–H groups in total. The molecule has 7 rings (SSSR count). The van der Waals surface area contributed by atoms with Crippen molar-refractivity contribution in [1.82, 2.24) is 0 Å². The van der Waals surface area contributed by atoms with E-state index in [1.54, 1.807) is 6.07 Å². The molecule has 0 radical (unpaired) electrons. The monoisotopic (exact) mass is 482 g/mol. The number of anilines is 2. The van der Waals surface area contributed by atoms with Crippen molar-refractivity contribution in [2.75, 3.05) is 16.2 Å².